The van der Waals surface area contributed by atoms with Gasteiger partial charge in [-0.15, -0.1) is 0 Å². The average molecular weight is 201 g/mol. The number of aryl methyl sites for hydroxylation is 1. The van der Waals surface area contributed by atoms with Crippen LogP contribution in [0, 0.1) is 11.8 Å². The molecule has 80 valence electrons. The van der Waals surface area contributed by atoms with Crippen molar-refractivity contribution in [1.82, 2.24) is 5.32 Å². The second kappa shape index (κ2) is 3.34. The Kier molecular flexibility index (Phi) is 2.10. The van der Waals surface area contributed by atoms with E-state index >= 15 is 0 Å². The Balaban J connectivity index is 1.96. The SMILES string of the molecule is CNC1C(C)C2c3ccccc3CCC12. The summed E-state index contributed by atoms with van der Waals surface area (Å²) in [7, 11) is 2.11. The molecule has 0 aromatic heterocycles. The predicted octanol–water partition coefficient (Wildman–Crippen LogP) is 2.57. The zero-order valence-corrected chi connectivity index (χ0v) is 9.53. The summed E-state index contributed by atoms with van der Waals surface area (Å²) in [5.41, 5.74) is 3.23. The zero-order chi connectivity index (χ0) is 10.4. The van der Waals surface area contributed by atoms with E-state index in [1.807, 2.05) is 0 Å². The number of nitrogens with one attached hydrogen (secondary N) is 1. The van der Waals surface area contributed by atoms with Crippen LogP contribution in [0.25, 0.3) is 0 Å². The van der Waals surface area contributed by atoms with Crippen molar-refractivity contribution < 1.29 is 0 Å². The van der Waals surface area contributed by atoms with E-state index < -0.39 is 0 Å². The van der Waals surface area contributed by atoms with Crippen molar-refractivity contribution in [3.63, 3.8) is 0 Å². The maximum Gasteiger partial charge on any atom is 0.0130 e. The molecule has 4 unspecified atom stereocenters. The van der Waals surface area contributed by atoms with E-state index in [0.29, 0.717) is 0 Å². The Morgan fingerprint density at radius 1 is 1.27 bits per heavy atom. The summed E-state index contributed by atoms with van der Waals surface area (Å²) in [5.74, 6) is 2.52. The van der Waals surface area contributed by atoms with E-state index in [4.69, 9.17) is 0 Å². The molecule has 0 spiro atoms. The van der Waals surface area contributed by atoms with Gasteiger partial charge in [0.2, 0.25) is 0 Å². The minimum absolute atomic E-state index is 0.753. The van der Waals surface area contributed by atoms with Gasteiger partial charge in [-0.25, -0.2) is 0 Å². The van der Waals surface area contributed by atoms with E-state index in [2.05, 4.69) is 43.6 Å². The van der Waals surface area contributed by atoms with Crippen LogP contribution in [0.15, 0.2) is 24.3 Å². The molecule has 0 amide bonds. The molecule has 0 heterocycles. The quantitative estimate of drug-likeness (QED) is 0.736. The monoisotopic (exact) mass is 201 g/mol. The number of benzene rings is 1. The molecule has 1 aromatic rings. The minimum atomic E-state index is 0.753. The number of hydrogen-bond acceptors (Lipinski definition) is 1. The first-order chi connectivity index (χ1) is 7.33. The Morgan fingerprint density at radius 3 is 2.87 bits per heavy atom. The lowest BCUT2D eigenvalue weighted by Gasteiger charge is -2.54. The molecule has 2 aliphatic rings. The second-order valence-corrected chi connectivity index (χ2v) is 5.10. The van der Waals surface area contributed by atoms with E-state index in [1.165, 1.54) is 12.8 Å². The van der Waals surface area contributed by atoms with Crippen LogP contribution >= 0.6 is 0 Å². The molecule has 2 aliphatic carbocycles. The van der Waals surface area contributed by atoms with Crippen LogP contribution in [0.4, 0.5) is 0 Å². The first-order valence-corrected chi connectivity index (χ1v) is 6.08. The van der Waals surface area contributed by atoms with Crippen LogP contribution in [0.3, 0.4) is 0 Å². The highest BCUT2D eigenvalue weighted by Crippen LogP contribution is 2.53. The summed E-state index contributed by atoms with van der Waals surface area (Å²) in [4.78, 5) is 0. The summed E-state index contributed by atoms with van der Waals surface area (Å²) >= 11 is 0. The summed E-state index contributed by atoms with van der Waals surface area (Å²) in [6.45, 7) is 2.39. The van der Waals surface area contributed by atoms with Gasteiger partial charge < -0.3 is 5.32 Å². The van der Waals surface area contributed by atoms with Gasteiger partial charge in [0, 0.05) is 6.04 Å². The Bertz CT molecular complexity index is 371. The number of fused-ring (bicyclic) bond motifs is 3. The van der Waals surface area contributed by atoms with Crippen molar-refractivity contribution in [3.05, 3.63) is 35.4 Å². The zero-order valence-electron chi connectivity index (χ0n) is 9.53. The summed E-state index contributed by atoms with van der Waals surface area (Å²) in [6.07, 6.45) is 2.65. The van der Waals surface area contributed by atoms with Gasteiger partial charge in [0.05, 0.1) is 0 Å². The first kappa shape index (κ1) is 9.41. The van der Waals surface area contributed by atoms with Crippen LogP contribution in [0.2, 0.25) is 0 Å². The third-order valence-corrected chi connectivity index (χ3v) is 4.55. The third-order valence-electron chi connectivity index (χ3n) is 4.55. The van der Waals surface area contributed by atoms with Gasteiger partial charge in [0.15, 0.2) is 0 Å². The van der Waals surface area contributed by atoms with Gasteiger partial charge in [-0.2, -0.15) is 0 Å². The maximum absolute atomic E-state index is 3.48. The first-order valence-electron chi connectivity index (χ1n) is 6.08. The summed E-state index contributed by atoms with van der Waals surface area (Å²) < 4.78 is 0. The third kappa shape index (κ3) is 1.19. The highest BCUT2D eigenvalue weighted by atomic mass is 14.9. The Labute approximate surface area is 91.9 Å². The molecular weight excluding hydrogens is 182 g/mol. The number of hydrogen-bond donors (Lipinski definition) is 1. The van der Waals surface area contributed by atoms with Crippen molar-refractivity contribution in [2.45, 2.75) is 31.7 Å². The Hall–Kier alpha value is -0.820. The summed E-state index contributed by atoms with van der Waals surface area (Å²) in [6, 6.07) is 9.78. The van der Waals surface area contributed by atoms with Crippen molar-refractivity contribution in [2.24, 2.45) is 11.8 Å². The van der Waals surface area contributed by atoms with Crippen molar-refractivity contribution in [3.8, 4) is 0 Å². The molecule has 1 aromatic carbocycles. The molecule has 4 atom stereocenters. The van der Waals surface area contributed by atoms with Gasteiger partial charge in [-0.1, -0.05) is 31.2 Å². The van der Waals surface area contributed by atoms with E-state index in [-0.39, 0.29) is 0 Å². The molecule has 1 N–H and O–H groups in total. The average Bonchev–Trinajstić information content (AvgIpc) is 2.27. The molecule has 1 fully saturated rings. The highest BCUT2D eigenvalue weighted by Gasteiger charge is 2.49. The second-order valence-electron chi connectivity index (χ2n) is 5.10. The molecule has 3 rings (SSSR count). The molecule has 1 heteroatoms. The van der Waals surface area contributed by atoms with Crippen LogP contribution in [-0.2, 0) is 6.42 Å². The van der Waals surface area contributed by atoms with Gasteiger partial charge in [0.1, 0.15) is 0 Å². The van der Waals surface area contributed by atoms with Crippen LogP contribution < -0.4 is 5.32 Å². The molecule has 0 aliphatic heterocycles. The van der Waals surface area contributed by atoms with E-state index in [9.17, 15) is 0 Å². The van der Waals surface area contributed by atoms with Crippen LogP contribution in [0.1, 0.15) is 30.4 Å². The largest absolute Gasteiger partial charge is 0.316 e. The van der Waals surface area contributed by atoms with Crippen LogP contribution in [0.5, 0.6) is 0 Å². The topological polar surface area (TPSA) is 12.0 Å². The highest BCUT2D eigenvalue weighted by molar-refractivity contribution is 5.37. The lowest BCUT2D eigenvalue weighted by molar-refractivity contribution is 0.0720. The summed E-state index contributed by atoms with van der Waals surface area (Å²) in [5, 5.41) is 3.48. The minimum Gasteiger partial charge on any atom is -0.316 e. The van der Waals surface area contributed by atoms with Gasteiger partial charge in [-0.05, 0) is 48.8 Å². The molecule has 1 saturated carbocycles. The van der Waals surface area contributed by atoms with E-state index in [0.717, 1.165) is 23.8 Å². The molecule has 15 heavy (non-hydrogen) atoms. The fraction of sp³-hybridized carbons (Fsp3) is 0.571. The lowest BCUT2D eigenvalue weighted by Crippen LogP contribution is -2.56. The van der Waals surface area contributed by atoms with Crippen molar-refractivity contribution >= 4 is 0 Å². The Morgan fingerprint density at radius 2 is 2.07 bits per heavy atom. The van der Waals surface area contributed by atoms with Crippen molar-refractivity contribution in [2.75, 3.05) is 7.05 Å². The normalized spacial score (nSPS) is 37.7. The molecular formula is C14H19N. The standard InChI is InChI=1S/C14H19N/c1-9-13-11-6-4-3-5-10(11)7-8-12(13)14(9)15-2/h3-6,9,12-15H,7-8H2,1-2H3. The smallest absolute Gasteiger partial charge is 0.0130 e. The predicted molar refractivity (Wildman–Crippen MR) is 63.0 cm³/mol. The molecule has 0 radical (unpaired) electrons. The lowest BCUT2D eigenvalue weighted by atomic mass is 9.54. The van der Waals surface area contributed by atoms with Crippen molar-refractivity contribution in [1.29, 1.82) is 0 Å². The molecule has 0 bridgehead atoms. The van der Waals surface area contributed by atoms with E-state index in [1.54, 1.807) is 11.1 Å². The number of rotatable bonds is 1. The molecule has 0 saturated heterocycles. The van der Waals surface area contributed by atoms with Gasteiger partial charge >= 0.3 is 0 Å². The van der Waals surface area contributed by atoms with Gasteiger partial charge in [0.25, 0.3) is 0 Å². The fourth-order valence-corrected chi connectivity index (χ4v) is 3.84. The van der Waals surface area contributed by atoms with Gasteiger partial charge in [-0.3, -0.25) is 0 Å². The maximum atomic E-state index is 3.48. The van der Waals surface area contributed by atoms with Crippen LogP contribution in [-0.4, -0.2) is 13.1 Å². The molecule has 1 nitrogen and oxygen atoms in total. The fourth-order valence-electron chi connectivity index (χ4n) is 3.84.